The van der Waals surface area contributed by atoms with E-state index in [-0.39, 0.29) is 5.91 Å². The van der Waals surface area contributed by atoms with Crippen LogP contribution in [0, 0.1) is 0 Å². The Morgan fingerprint density at radius 2 is 1.93 bits per heavy atom. The number of benzene rings is 1. The van der Waals surface area contributed by atoms with Gasteiger partial charge in [-0.15, -0.1) is 0 Å². The summed E-state index contributed by atoms with van der Waals surface area (Å²) in [6.07, 6.45) is 7.73. The fraction of sp³-hybridized carbons (Fsp3) is 0.350. The predicted molar refractivity (Wildman–Crippen MR) is 103 cm³/mol. The van der Waals surface area contributed by atoms with Gasteiger partial charge in [-0.1, -0.05) is 18.2 Å². The normalized spacial score (nSPS) is 16.1. The van der Waals surface area contributed by atoms with Gasteiger partial charge in [-0.05, 0) is 50.2 Å². The molecule has 27 heavy (non-hydrogen) atoms. The van der Waals surface area contributed by atoms with Crippen LogP contribution in [0.3, 0.4) is 0 Å². The van der Waals surface area contributed by atoms with E-state index in [0.29, 0.717) is 13.0 Å². The Bertz CT molecular complexity index is 865. The van der Waals surface area contributed by atoms with Crippen molar-refractivity contribution in [1.29, 1.82) is 0 Å². The Labute approximate surface area is 158 Å². The molecule has 2 N–H and O–H groups in total. The summed E-state index contributed by atoms with van der Waals surface area (Å²) in [6, 6.07) is 13.9. The van der Waals surface area contributed by atoms with Gasteiger partial charge in [0.15, 0.2) is 0 Å². The minimum absolute atomic E-state index is 0.0372. The molecule has 0 saturated carbocycles. The number of nitrogens with one attached hydrogen (secondary N) is 2. The average Bonchev–Trinajstić information content (AvgIpc) is 3.42. The lowest BCUT2D eigenvalue weighted by molar-refractivity contribution is -0.131. The average molecular weight is 364 g/mol. The van der Waals surface area contributed by atoms with Gasteiger partial charge < -0.3 is 10.6 Å². The molecule has 0 radical (unpaired) electrons. The van der Waals surface area contributed by atoms with Crippen molar-refractivity contribution >= 4 is 5.91 Å². The molecule has 0 spiro atoms. The molecule has 1 fully saturated rings. The van der Waals surface area contributed by atoms with E-state index >= 15 is 0 Å². The van der Waals surface area contributed by atoms with E-state index < -0.39 is 5.54 Å². The van der Waals surface area contributed by atoms with Gasteiger partial charge in [0.2, 0.25) is 5.91 Å². The molecule has 3 aromatic rings. The molecule has 1 aromatic carbocycles. The van der Waals surface area contributed by atoms with Gasteiger partial charge >= 0.3 is 0 Å². The Hall–Kier alpha value is -2.93. The summed E-state index contributed by atoms with van der Waals surface area (Å²) in [7, 11) is 0. The van der Waals surface area contributed by atoms with Crippen LogP contribution in [0.5, 0.6) is 0 Å². The molecule has 1 aliphatic rings. The van der Waals surface area contributed by atoms with Crippen LogP contribution >= 0.6 is 0 Å². The maximum Gasteiger partial charge on any atom is 0.248 e. The van der Waals surface area contributed by atoms with Crippen LogP contribution in [-0.4, -0.2) is 45.1 Å². The molecule has 1 saturated heterocycles. The summed E-state index contributed by atoms with van der Waals surface area (Å²) in [5.41, 5.74) is 1.38. The zero-order chi connectivity index (χ0) is 18.5. The van der Waals surface area contributed by atoms with E-state index in [1.807, 2.05) is 64.2 Å². The first-order valence-electron chi connectivity index (χ1n) is 9.37. The van der Waals surface area contributed by atoms with Gasteiger partial charge in [-0.2, -0.15) is 10.2 Å². The van der Waals surface area contributed by atoms with Crippen molar-refractivity contribution in [2.45, 2.75) is 24.8 Å². The Balaban J connectivity index is 1.38. The largest absolute Gasteiger partial charge is 0.354 e. The van der Waals surface area contributed by atoms with E-state index in [9.17, 15) is 4.79 Å². The molecule has 0 atom stereocenters. The molecule has 1 aliphatic heterocycles. The highest BCUT2D eigenvalue weighted by atomic mass is 16.2. The highest BCUT2D eigenvalue weighted by Crippen LogP contribution is 2.27. The highest BCUT2D eigenvalue weighted by molar-refractivity contribution is 5.84. The highest BCUT2D eigenvalue weighted by Gasteiger charge is 2.41. The monoisotopic (exact) mass is 364 g/mol. The van der Waals surface area contributed by atoms with Crippen LogP contribution in [0.2, 0.25) is 0 Å². The summed E-state index contributed by atoms with van der Waals surface area (Å²) in [5, 5.41) is 15.4. The predicted octanol–water partition coefficient (Wildman–Crippen LogP) is 1.51. The van der Waals surface area contributed by atoms with Crippen molar-refractivity contribution in [2.24, 2.45) is 0 Å². The Morgan fingerprint density at radius 3 is 2.67 bits per heavy atom. The van der Waals surface area contributed by atoms with Crippen molar-refractivity contribution in [2.75, 3.05) is 19.6 Å². The first kappa shape index (κ1) is 17.5. The molecule has 7 heteroatoms. The second kappa shape index (κ2) is 7.75. The van der Waals surface area contributed by atoms with Gasteiger partial charge in [-0.3, -0.25) is 9.48 Å². The zero-order valence-corrected chi connectivity index (χ0v) is 15.2. The van der Waals surface area contributed by atoms with Crippen LogP contribution in [0.25, 0.3) is 5.69 Å². The molecule has 0 aliphatic carbocycles. The van der Waals surface area contributed by atoms with Gasteiger partial charge in [-0.25, -0.2) is 4.68 Å². The zero-order valence-electron chi connectivity index (χ0n) is 15.2. The van der Waals surface area contributed by atoms with Gasteiger partial charge in [0.1, 0.15) is 5.54 Å². The first-order valence-corrected chi connectivity index (χ1v) is 9.37. The van der Waals surface area contributed by atoms with Gasteiger partial charge in [0.05, 0.1) is 11.4 Å². The Morgan fingerprint density at radius 1 is 1.11 bits per heavy atom. The number of piperidine rings is 1. The second-order valence-electron chi connectivity index (χ2n) is 6.83. The lowest BCUT2D eigenvalue weighted by Gasteiger charge is -2.36. The Kier molecular flexibility index (Phi) is 5.02. The lowest BCUT2D eigenvalue weighted by Crippen LogP contribution is -2.54. The SMILES string of the molecule is O=C(NCCc1ccn(-c2ccccc2)n1)C1(n2cccn2)CCNCC1. The number of amides is 1. The van der Waals surface area contributed by atoms with Crippen LogP contribution in [0.1, 0.15) is 18.5 Å². The van der Waals surface area contributed by atoms with Gasteiger partial charge in [0.25, 0.3) is 0 Å². The molecule has 7 nitrogen and oxygen atoms in total. The van der Waals surface area contributed by atoms with E-state index in [4.69, 9.17) is 0 Å². The maximum atomic E-state index is 13.0. The van der Waals surface area contributed by atoms with Gasteiger partial charge in [0, 0.05) is 31.6 Å². The smallest absolute Gasteiger partial charge is 0.248 e. The van der Waals surface area contributed by atoms with Crippen molar-refractivity contribution < 1.29 is 4.79 Å². The van der Waals surface area contributed by atoms with E-state index in [0.717, 1.165) is 37.3 Å². The fourth-order valence-electron chi connectivity index (χ4n) is 3.61. The molecule has 4 rings (SSSR count). The molecule has 140 valence electrons. The molecular formula is C20H24N6O. The number of rotatable bonds is 6. The van der Waals surface area contributed by atoms with Crippen LogP contribution in [0.4, 0.5) is 0 Å². The summed E-state index contributed by atoms with van der Waals surface area (Å²) in [4.78, 5) is 13.0. The number of hydrogen-bond acceptors (Lipinski definition) is 4. The van der Waals surface area contributed by atoms with E-state index in [2.05, 4.69) is 20.8 Å². The van der Waals surface area contributed by atoms with Crippen molar-refractivity contribution in [3.05, 3.63) is 66.7 Å². The third-order valence-electron chi connectivity index (χ3n) is 5.13. The van der Waals surface area contributed by atoms with Crippen molar-refractivity contribution in [3.63, 3.8) is 0 Å². The molecule has 2 aromatic heterocycles. The molecule has 3 heterocycles. The fourth-order valence-corrected chi connectivity index (χ4v) is 3.61. The quantitative estimate of drug-likeness (QED) is 0.695. The van der Waals surface area contributed by atoms with Crippen LogP contribution in [-0.2, 0) is 16.8 Å². The number of hydrogen-bond donors (Lipinski definition) is 2. The van der Waals surface area contributed by atoms with Crippen LogP contribution in [0.15, 0.2) is 61.1 Å². The van der Waals surface area contributed by atoms with Crippen LogP contribution < -0.4 is 10.6 Å². The summed E-state index contributed by atoms with van der Waals surface area (Å²) in [5.74, 6) is 0.0372. The molecule has 0 bridgehead atoms. The van der Waals surface area contributed by atoms with Crippen molar-refractivity contribution in [1.82, 2.24) is 30.2 Å². The molecular weight excluding hydrogens is 340 g/mol. The topological polar surface area (TPSA) is 76.8 Å². The maximum absolute atomic E-state index is 13.0. The third kappa shape index (κ3) is 3.64. The minimum atomic E-state index is -0.599. The summed E-state index contributed by atoms with van der Waals surface area (Å²) >= 11 is 0. The number of carbonyl (C=O) groups is 1. The first-order chi connectivity index (χ1) is 13.3. The third-order valence-corrected chi connectivity index (χ3v) is 5.13. The number of para-hydroxylation sites is 1. The molecule has 0 unspecified atom stereocenters. The molecule has 1 amide bonds. The standard InChI is InChI=1S/C20H24N6O/c27-19(20(9-13-21-14-10-20)26-15-4-11-23-26)22-12-7-17-8-16-25(24-17)18-5-2-1-3-6-18/h1-6,8,11,15-16,21H,7,9-10,12-14H2,(H,22,27). The number of carbonyl (C=O) groups excluding carboxylic acids is 1. The minimum Gasteiger partial charge on any atom is -0.354 e. The second-order valence-corrected chi connectivity index (χ2v) is 6.83. The number of nitrogens with zero attached hydrogens (tertiary/aromatic N) is 4. The lowest BCUT2D eigenvalue weighted by atomic mass is 9.87. The van der Waals surface area contributed by atoms with E-state index in [1.165, 1.54) is 0 Å². The van der Waals surface area contributed by atoms with Crippen molar-refractivity contribution in [3.8, 4) is 5.69 Å². The number of aromatic nitrogens is 4. The summed E-state index contributed by atoms with van der Waals surface area (Å²) < 4.78 is 3.67. The summed E-state index contributed by atoms with van der Waals surface area (Å²) in [6.45, 7) is 2.19. The van der Waals surface area contributed by atoms with E-state index in [1.54, 1.807) is 6.20 Å².